The number of nitro groups is 1. The topological polar surface area (TPSA) is 113 Å². The van der Waals surface area contributed by atoms with Crippen LogP contribution in [-0.4, -0.2) is 79.2 Å². The van der Waals surface area contributed by atoms with Crippen LogP contribution in [0.1, 0.15) is 18.4 Å². The van der Waals surface area contributed by atoms with Crippen LogP contribution >= 0.6 is 11.6 Å². The van der Waals surface area contributed by atoms with Gasteiger partial charge in [-0.15, -0.1) is 0 Å². The van der Waals surface area contributed by atoms with Crippen molar-refractivity contribution in [1.29, 1.82) is 0 Å². The number of morpholine rings is 1. The van der Waals surface area contributed by atoms with E-state index in [1.54, 1.807) is 6.92 Å². The van der Waals surface area contributed by atoms with Gasteiger partial charge in [0.1, 0.15) is 5.02 Å². The summed E-state index contributed by atoms with van der Waals surface area (Å²) in [4.78, 5) is 12.4. The fraction of sp³-hybridized carbons (Fsp3) is 0.647. The Morgan fingerprint density at radius 2 is 1.86 bits per heavy atom. The van der Waals surface area contributed by atoms with Gasteiger partial charge in [-0.25, -0.2) is 8.42 Å². The molecule has 0 unspecified atom stereocenters. The molecule has 28 heavy (non-hydrogen) atoms. The molecule has 1 aromatic carbocycles. The minimum atomic E-state index is -3.92. The number of aliphatic hydroxyl groups is 1. The summed E-state index contributed by atoms with van der Waals surface area (Å²) in [5.74, 6) is 0. The first kappa shape index (κ1) is 21.4. The number of nitrogens with zero attached hydrogens (tertiary/aromatic N) is 3. The van der Waals surface area contributed by atoms with Crippen LogP contribution in [0.15, 0.2) is 17.0 Å². The van der Waals surface area contributed by atoms with Gasteiger partial charge in [0, 0.05) is 38.8 Å². The molecule has 0 amide bonds. The number of ether oxygens (including phenoxy) is 1. The molecule has 2 heterocycles. The molecule has 2 aliphatic rings. The van der Waals surface area contributed by atoms with E-state index >= 15 is 0 Å². The lowest BCUT2D eigenvalue weighted by atomic mass is 9.92. The molecule has 0 aromatic heterocycles. The summed E-state index contributed by atoms with van der Waals surface area (Å²) in [7, 11) is -3.92. The van der Waals surface area contributed by atoms with Gasteiger partial charge in [-0.05, 0) is 31.4 Å². The van der Waals surface area contributed by atoms with E-state index in [0.29, 0.717) is 38.2 Å². The Hall–Kier alpha value is -1.30. The Balaban J connectivity index is 1.74. The molecule has 0 atom stereocenters. The lowest BCUT2D eigenvalue weighted by Crippen LogP contribution is -2.53. The highest BCUT2D eigenvalue weighted by Gasteiger charge is 2.39. The third-order valence-electron chi connectivity index (χ3n) is 5.33. The van der Waals surface area contributed by atoms with Crippen molar-refractivity contribution in [3.05, 3.63) is 32.8 Å². The van der Waals surface area contributed by atoms with Gasteiger partial charge >= 0.3 is 0 Å². The summed E-state index contributed by atoms with van der Waals surface area (Å²) < 4.78 is 32.7. The van der Waals surface area contributed by atoms with Crippen LogP contribution in [0.3, 0.4) is 0 Å². The normalized spacial score (nSPS) is 21.5. The standard InChI is InChI=1S/C17H24ClN3O6S/c1-13-10-14(18)15(21(23)24)11-16(13)28(25,26)20-4-2-17(22,3-5-20)12-19-6-8-27-9-7-19/h10-11,22H,2-9,12H2,1H3. The molecule has 3 rings (SSSR count). The molecule has 0 bridgehead atoms. The molecule has 156 valence electrons. The van der Waals surface area contributed by atoms with Gasteiger partial charge in [0.25, 0.3) is 5.69 Å². The van der Waals surface area contributed by atoms with Crippen molar-refractivity contribution in [2.45, 2.75) is 30.3 Å². The number of benzene rings is 1. The lowest BCUT2D eigenvalue weighted by molar-refractivity contribution is -0.384. The second-order valence-corrected chi connectivity index (χ2v) is 9.66. The molecule has 2 saturated heterocycles. The van der Waals surface area contributed by atoms with Gasteiger partial charge < -0.3 is 9.84 Å². The predicted molar refractivity (Wildman–Crippen MR) is 103 cm³/mol. The molecule has 0 radical (unpaired) electrons. The summed E-state index contributed by atoms with van der Waals surface area (Å²) >= 11 is 5.87. The molecule has 0 spiro atoms. The lowest BCUT2D eigenvalue weighted by Gasteiger charge is -2.41. The van der Waals surface area contributed by atoms with E-state index in [4.69, 9.17) is 16.3 Å². The van der Waals surface area contributed by atoms with Crippen molar-refractivity contribution < 1.29 is 23.2 Å². The zero-order valence-electron chi connectivity index (χ0n) is 15.6. The van der Waals surface area contributed by atoms with Gasteiger partial charge in [0.15, 0.2) is 0 Å². The van der Waals surface area contributed by atoms with Crippen molar-refractivity contribution >= 4 is 27.3 Å². The smallest absolute Gasteiger partial charge is 0.289 e. The fourth-order valence-electron chi connectivity index (χ4n) is 3.68. The maximum absolute atomic E-state index is 13.0. The number of aryl methyl sites for hydroxylation is 1. The Labute approximate surface area is 169 Å². The average molecular weight is 434 g/mol. The Kier molecular flexibility index (Phi) is 6.28. The summed E-state index contributed by atoms with van der Waals surface area (Å²) in [6.07, 6.45) is 0.608. The summed E-state index contributed by atoms with van der Waals surface area (Å²) in [6, 6.07) is 2.31. The molecule has 2 aliphatic heterocycles. The van der Waals surface area contributed by atoms with Crippen molar-refractivity contribution in [3.8, 4) is 0 Å². The Morgan fingerprint density at radius 1 is 1.25 bits per heavy atom. The number of sulfonamides is 1. The monoisotopic (exact) mass is 433 g/mol. The number of piperidine rings is 1. The quantitative estimate of drug-likeness (QED) is 0.551. The van der Waals surface area contributed by atoms with Crippen molar-refractivity contribution in [2.24, 2.45) is 0 Å². The molecule has 9 nitrogen and oxygen atoms in total. The Morgan fingerprint density at radius 3 is 2.43 bits per heavy atom. The van der Waals surface area contributed by atoms with E-state index in [1.807, 2.05) is 0 Å². The largest absolute Gasteiger partial charge is 0.388 e. The molecular weight excluding hydrogens is 410 g/mol. The number of hydrogen-bond donors (Lipinski definition) is 1. The second kappa shape index (κ2) is 8.21. The van der Waals surface area contributed by atoms with E-state index in [1.165, 1.54) is 10.4 Å². The highest BCUT2D eigenvalue weighted by Crippen LogP contribution is 2.33. The highest BCUT2D eigenvalue weighted by molar-refractivity contribution is 7.89. The first-order valence-electron chi connectivity index (χ1n) is 9.10. The molecule has 0 saturated carbocycles. The molecule has 1 N–H and O–H groups in total. The average Bonchev–Trinajstić information content (AvgIpc) is 2.62. The van der Waals surface area contributed by atoms with Crippen LogP contribution in [0, 0.1) is 17.0 Å². The highest BCUT2D eigenvalue weighted by atomic mass is 35.5. The molecular formula is C17H24ClN3O6S. The van der Waals surface area contributed by atoms with E-state index in [2.05, 4.69) is 4.90 Å². The minimum absolute atomic E-state index is 0.0972. The number of nitro benzene ring substituents is 1. The molecule has 2 fully saturated rings. The summed E-state index contributed by atoms with van der Waals surface area (Å²) in [6.45, 7) is 5.10. The maximum atomic E-state index is 13.0. The van der Waals surface area contributed by atoms with Crippen LogP contribution < -0.4 is 0 Å². The Bertz CT molecular complexity index is 849. The maximum Gasteiger partial charge on any atom is 0.289 e. The summed E-state index contributed by atoms with van der Waals surface area (Å²) in [5.41, 5.74) is -1.04. The number of halogens is 1. The van der Waals surface area contributed by atoms with Crippen LogP contribution in [0.5, 0.6) is 0 Å². The molecule has 11 heteroatoms. The first-order chi connectivity index (χ1) is 13.1. The number of rotatable bonds is 5. The summed E-state index contributed by atoms with van der Waals surface area (Å²) in [5, 5.41) is 21.9. The van der Waals surface area contributed by atoms with Crippen LogP contribution in [0.2, 0.25) is 5.02 Å². The van der Waals surface area contributed by atoms with E-state index in [9.17, 15) is 23.6 Å². The zero-order chi connectivity index (χ0) is 20.5. The molecule has 1 aromatic rings. The SMILES string of the molecule is Cc1cc(Cl)c([N+](=O)[O-])cc1S(=O)(=O)N1CCC(O)(CN2CCOCC2)CC1. The first-order valence-corrected chi connectivity index (χ1v) is 10.9. The zero-order valence-corrected chi connectivity index (χ0v) is 17.2. The number of β-amino-alcohol motifs (C(OH)–C–C–N with tert-alkyl or cyclic N) is 1. The minimum Gasteiger partial charge on any atom is -0.388 e. The van der Waals surface area contributed by atoms with Crippen LogP contribution in [-0.2, 0) is 14.8 Å². The van der Waals surface area contributed by atoms with E-state index in [0.717, 1.165) is 19.2 Å². The van der Waals surface area contributed by atoms with Gasteiger partial charge in [-0.1, -0.05) is 11.6 Å². The van der Waals surface area contributed by atoms with Crippen molar-refractivity contribution in [1.82, 2.24) is 9.21 Å². The predicted octanol–water partition coefficient (Wildman–Crippen LogP) is 1.40. The number of hydrogen-bond acceptors (Lipinski definition) is 7. The van der Waals surface area contributed by atoms with E-state index < -0.39 is 26.2 Å². The van der Waals surface area contributed by atoms with E-state index in [-0.39, 0.29) is 23.0 Å². The van der Waals surface area contributed by atoms with Crippen LogP contribution in [0.25, 0.3) is 0 Å². The fourth-order valence-corrected chi connectivity index (χ4v) is 5.63. The second-order valence-electron chi connectivity index (χ2n) is 7.34. The van der Waals surface area contributed by atoms with Gasteiger partial charge in [0.2, 0.25) is 10.0 Å². The van der Waals surface area contributed by atoms with Gasteiger partial charge in [-0.3, -0.25) is 15.0 Å². The third-order valence-corrected chi connectivity index (χ3v) is 7.68. The van der Waals surface area contributed by atoms with Gasteiger partial charge in [0.05, 0.1) is 28.6 Å². The van der Waals surface area contributed by atoms with Crippen LogP contribution in [0.4, 0.5) is 5.69 Å². The van der Waals surface area contributed by atoms with Crippen molar-refractivity contribution in [3.63, 3.8) is 0 Å². The third kappa shape index (κ3) is 4.47. The van der Waals surface area contributed by atoms with Crippen molar-refractivity contribution in [2.75, 3.05) is 45.9 Å². The molecule has 0 aliphatic carbocycles. The van der Waals surface area contributed by atoms with Gasteiger partial charge in [-0.2, -0.15) is 4.31 Å².